The first-order valence-corrected chi connectivity index (χ1v) is 7.28. The lowest BCUT2D eigenvalue weighted by atomic mass is 10.2. The van der Waals surface area contributed by atoms with E-state index in [1.807, 2.05) is 11.8 Å². The smallest absolute Gasteiger partial charge is 0.229 e. The van der Waals surface area contributed by atoms with Gasteiger partial charge in [0.2, 0.25) is 17.2 Å². The van der Waals surface area contributed by atoms with Gasteiger partial charge in [-0.1, -0.05) is 6.42 Å². The van der Waals surface area contributed by atoms with Crippen LogP contribution in [-0.4, -0.2) is 39.5 Å². The Morgan fingerprint density at radius 2 is 2.00 bits per heavy atom. The second kappa shape index (κ2) is 5.73. The predicted molar refractivity (Wildman–Crippen MR) is 72.9 cm³/mol. The summed E-state index contributed by atoms with van der Waals surface area (Å²) in [7, 11) is 1.76. The number of anilines is 2. The second-order valence-corrected chi connectivity index (χ2v) is 5.37. The van der Waals surface area contributed by atoms with Crippen LogP contribution in [0.5, 0.6) is 0 Å². The second-order valence-electron chi connectivity index (χ2n) is 3.96. The lowest BCUT2D eigenvalue weighted by Gasteiger charge is -2.19. The Morgan fingerprint density at radius 1 is 1.24 bits per heavy atom. The van der Waals surface area contributed by atoms with Gasteiger partial charge in [0.1, 0.15) is 0 Å². The van der Waals surface area contributed by atoms with Gasteiger partial charge in [-0.25, -0.2) is 0 Å². The van der Waals surface area contributed by atoms with Gasteiger partial charge in [-0.05, 0) is 30.7 Å². The molecule has 5 nitrogen and oxygen atoms in total. The van der Waals surface area contributed by atoms with Crippen LogP contribution < -0.4 is 10.6 Å². The van der Waals surface area contributed by atoms with Crippen LogP contribution in [0.15, 0.2) is 0 Å². The molecule has 0 amide bonds. The van der Waals surface area contributed by atoms with Crippen molar-refractivity contribution in [2.24, 2.45) is 0 Å². The minimum absolute atomic E-state index is 0.213. The number of rotatable bonds is 4. The number of hydrogen-bond donors (Lipinski definition) is 2. The van der Waals surface area contributed by atoms with E-state index in [2.05, 4.69) is 31.8 Å². The number of aromatic nitrogens is 3. The minimum Gasteiger partial charge on any atom is -0.357 e. The molecule has 1 fully saturated rings. The van der Waals surface area contributed by atoms with E-state index in [9.17, 15) is 0 Å². The van der Waals surface area contributed by atoms with E-state index in [0.717, 1.165) is 6.42 Å². The topological polar surface area (TPSA) is 62.7 Å². The Hall–Kier alpha value is -0.750. The maximum Gasteiger partial charge on any atom is 0.229 e. The van der Waals surface area contributed by atoms with Crippen molar-refractivity contribution in [1.82, 2.24) is 15.0 Å². The number of nitrogens with one attached hydrogen (secondary N) is 2. The fourth-order valence-corrected chi connectivity index (χ4v) is 3.16. The molecule has 2 unspecified atom stereocenters. The van der Waals surface area contributed by atoms with Crippen LogP contribution in [0.2, 0.25) is 5.28 Å². The van der Waals surface area contributed by atoms with E-state index in [1.54, 1.807) is 7.05 Å². The molecule has 2 rings (SSSR count). The minimum atomic E-state index is 0.213. The Labute approximate surface area is 110 Å². The Bertz CT molecular complexity index is 389. The number of halogens is 1. The van der Waals surface area contributed by atoms with Crippen LogP contribution in [0.25, 0.3) is 0 Å². The van der Waals surface area contributed by atoms with Crippen LogP contribution in [0, 0.1) is 0 Å². The molecule has 0 saturated heterocycles. The predicted octanol–water partition coefficient (Wildman–Crippen LogP) is 2.26. The monoisotopic (exact) mass is 273 g/mol. The van der Waals surface area contributed by atoms with Gasteiger partial charge < -0.3 is 10.6 Å². The van der Waals surface area contributed by atoms with E-state index < -0.39 is 0 Å². The van der Waals surface area contributed by atoms with Crippen LogP contribution in [0.3, 0.4) is 0 Å². The van der Waals surface area contributed by atoms with E-state index in [-0.39, 0.29) is 5.28 Å². The Kier molecular flexibility index (Phi) is 4.28. The fraction of sp³-hybridized carbons (Fsp3) is 0.700. The molecule has 0 aromatic carbocycles. The van der Waals surface area contributed by atoms with Gasteiger partial charge in [-0.3, -0.25) is 0 Å². The maximum absolute atomic E-state index is 5.84. The highest BCUT2D eigenvalue weighted by atomic mass is 35.5. The fourth-order valence-electron chi connectivity index (χ4n) is 2.07. The summed E-state index contributed by atoms with van der Waals surface area (Å²) in [5.41, 5.74) is 0. The lowest BCUT2D eigenvalue weighted by molar-refractivity contribution is 0.755. The normalized spacial score (nSPS) is 23.7. The third kappa shape index (κ3) is 3.13. The van der Waals surface area contributed by atoms with Crippen LogP contribution in [-0.2, 0) is 0 Å². The third-order valence-electron chi connectivity index (χ3n) is 2.90. The molecule has 2 atom stereocenters. The standard InChI is InChI=1S/C10H16ClN5S/c1-12-9-14-8(11)15-10(16-9)13-6-4-3-5-7(6)17-2/h6-7H,3-5H2,1-2H3,(H2,12,13,14,15,16). The molecular formula is C10H16ClN5S. The summed E-state index contributed by atoms with van der Waals surface area (Å²) in [5, 5.41) is 7.06. The third-order valence-corrected chi connectivity index (χ3v) is 4.24. The largest absolute Gasteiger partial charge is 0.357 e. The quantitative estimate of drug-likeness (QED) is 0.877. The van der Waals surface area contributed by atoms with Crippen molar-refractivity contribution < 1.29 is 0 Å². The zero-order chi connectivity index (χ0) is 12.3. The number of thioether (sulfide) groups is 1. The highest BCUT2D eigenvalue weighted by molar-refractivity contribution is 7.99. The molecule has 2 N–H and O–H groups in total. The van der Waals surface area contributed by atoms with Crippen molar-refractivity contribution in [3.8, 4) is 0 Å². The Balaban J connectivity index is 2.09. The number of nitrogens with zero attached hydrogens (tertiary/aromatic N) is 3. The molecule has 0 radical (unpaired) electrons. The van der Waals surface area contributed by atoms with Gasteiger partial charge in [0.25, 0.3) is 0 Å². The van der Waals surface area contributed by atoms with Crippen molar-refractivity contribution in [3.05, 3.63) is 5.28 Å². The zero-order valence-electron chi connectivity index (χ0n) is 9.90. The van der Waals surface area contributed by atoms with Crippen molar-refractivity contribution >= 4 is 35.3 Å². The van der Waals surface area contributed by atoms with Crippen LogP contribution in [0.4, 0.5) is 11.9 Å². The van der Waals surface area contributed by atoms with Crippen LogP contribution >= 0.6 is 23.4 Å². The van der Waals surface area contributed by atoms with Crippen LogP contribution in [0.1, 0.15) is 19.3 Å². The van der Waals surface area contributed by atoms with E-state index in [4.69, 9.17) is 11.6 Å². The molecule has 1 aromatic rings. The molecule has 0 bridgehead atoms. The van der Waals surface area contributed by atoms with Gasteiger partial charge in [-0.15, -0.1) is 0 Å². The molecule has 0 spiro atoms. The average Bonchev–Trinajstić information content (AvgIpc) is 2.75. The Morgan fingerprint density at radius 3 is 2.71 bits per heavy atom. The molecule has 1 heterocycles. The zero-order valence-corrected chi connectivity index (χ0v) is 11.5. The number of hydrogen-bond acceptors (Lipinski definition) is 6. The molecule has 1 aliphatic carbocycles. The summed E-state index contributed by atoms with van der Waals surface area (Å²) >= 11 is 7.73. The summed E-state index contributed by atoms with van der Waals surface area (Å²) in [6.45, 7) is 0. The molecule has 0 aliphatic heterocycles. The van der Waals surface area contributed by atoms with Crippen molar-refractivity contribution in [1.29, 1.82) is 0 Å². The molecule has 94 valence electrons. The summed E-state index contributed by atoms with van der Waals surface area (Å²) < 4.78 is 0. The highest BCUT2D eigenvalue weighted by Gasteiger charge is 2.27. The van der Waals surface area contributed by atoms with Gasteiger partial charge in [0, 0.05) is 18.3 Å². The van der Waals surface area contributed by atoms with Crippen molar-refractivity contribution in [3.63, 3.8) is 0 Å². The van der Waals surface area contributed by atoms with E-state index >= 15 is 0 Å². The van der Waals surface area contributed by atoms with E-state index in [0.29, 0.717) is 23.2 Å². The first-order chi connectivity index (χ1) is 8.22. The first kappa shape index (κ1) is 12.7. The molecular weight excluding hydrogens is 258 g/mol. The maximum atomic E-state index is 5.84. The summed E-state index contributed by atoms with van der Waals surface area (Å²) in [4.78, 5) is 12.3. The molecule has 1 aromatic heterocycles. The van der Waals surface area contributed by atoms with Gasteiger partial charge in [-0.2, -0.15) is 26.7 Å². The van der Waals surface area contributed by atoms with E-state index in [1.165, 1.54) is 12.8 Å². The van der Waals surface area contributed by atoms with Gasteiger partial charge in [0.15, 0.2) is 0 Å². The molecule has 17 heavy (non-hydrogen) atoms. The summed E-state index contributed by atoms with van der Waals surface area (Å²) in [6.07, 6.45) is 5.80. The molecule has 1 saturated carbocycles. The van der Waals surface area contributed by atoms with Crippen molar-refractivity contribution in [2.75, 3.05) is 23.9 Å². The highest BCUT2D eigenvalue weighted by Crippen LogP contribution is 2.30. The summed E-state index contributed by atoms with van der Waals surface area (Å²) in [5.74, 6) is 1.05. The average molecular weight is 274 g/mol. The summed E-state index contributed by atoms with van der Waals surface area (Å²) in [6, 6.07) is 0.424. The lowest BCUT2D eigenvalue weighted by Crippen LogP contribution is -2.27. The van der Waals surface area contributed by atoms with Crippen molar-refractivity contribution in [2.45, 2.75) is 30.6 Å². The van der Waals surface area contributed by atoms with Gasteiger partial charge >= 0.3 is 0 Å². The molecule has 7 heteroatoms. The SMILES string of the molecule is CNc1nc(Cl)nc(NC2CCCC2SC)n1. The molecule has 1 aliphatic rings. The van der Waals surface area contributed by atoms with Gasteiger partial charge in [0.05, 0.1) is 0 Å². The first-order valence-electron chi connectivity index (χ1n) is 5.61.